The van der Waals surface area contributed by atoms with E-state index in [9.17, 15) is 14.4 Å². The number of amides is 2. The molecule has 3 rings (SSSR count). The average molecular weight is 422 g/mol. The van der Waals surface area contributed by atoms with E-state index in [1.54, 1.807) is 23.1 Å². The van der Waals surface area contributed by atoms with Crippen molar-refractivity contribution in [3.05, 3.63) is 29.3 Å². The number of carbonyl (C=O) groups is 3. The van der Waals surface area contributed by atoms with Gasteiger partial charge in [0.25, 0.3) is 0 Å². The van der Waals surface area contributed by atoms with E-state index >= 15 is 0 Å². The van der Waals surface area contributed by atoms with Crippen molar-refractivity contribution in [1.82, 2.24) is 4.90 Å². The third-order valence-corrected chi connectivity index (χ3v) is 6.14. The van der Waals surface area contributed by atoms with Crippen LogP contribution in [0.4, 0.5) is 5.69 Å². The number of methoxy groups -OCH3 is 1. The van der Waals surface area contributed by atoms with Crippen LogP contribution in [0.5, 0.6) is 0 Å². The van der Waals surface area contributed by atoms with Crippen molar-refractivity contribution in [2.75, 3.05) is 25.1 Å². The Morgan fingerprint density at radius 1 is 1.31 bits per heavy atom. The van der Waals surface area contributed by atoms with E-state index in [0.29, 0.717) is 23.7 Å². The van der Waals surface area contributed by atoms with Gasteiger partial charge in [-0.25, -0.2) is 4.79 Å². The molecule has 2 N–H and O–H groups in total. The molecule has 2 aliphatic rings. The van der Waals surface area contributed by atoms with Crippen LogP contribution < -0.4 is 10.6 Å². The van der Waals surface area contributed by atoms with Crippen LogP contribution in [0.25, 0.3) is 0 Å². The number of ether oxygens (including phenoxy) is 1. The van der Waals surface area contributed by atoms with E-state index in [4.69, 9.17) is 22.1 Å². The maximum atomic E-state index is 13.1. The Kier molecular flexibility index (Phi) is 5.66. The van der Waals surface area contributed by atoms with E-state index in [2.05, 4.69) is 0 Å². The zero-order chi connectivity index (χ0) is 21.6. The number of nitrogens with two attached hydrogens (primary N) is 1. The predicted octanol–water partition coefficient (Wildman–Crippen LogP) is 2.21. The van der Waals surface area contributed by atoms with Crippen molar-refractivity contribution in [2.24, 2.45) is 16.6 Å². The highest BCUT2D eigenvalue weighted by atomic mass is 35.5. The van der Waals surface area contributed by atoms with Crippen LogP contribution in [0.15, 0.2) is 24.3 Å². The number of benzene rings is 1. The normalized spacial score (nSPS) is 25.6. The zero-order valence-corrected chi connectivity index (χ0v) is 18.0. The summed E-state index contributed by atoms with van der Waals surface area (Å²) in [5.41, 5.74) is 5.93. The largest absolute Gasteiger partial charge is 0.467 e. The molecule has 3 atom stereocenters. The average Bonchev–Trinajstić information content (AvgIpc) is 3.18. The van der Waals surface area contributed by atoms with Gasteiger partial charge in [-0.2, -0.15) is 0 Å². The number of esters is 1. The van der Waals surface area contributed by atoms with Gasteiger partial charge in [0.2, 0.25) is 11.8 Å². The molecular formula is C21H28ClN3O4. The maximum absolute atomic E-state index is 13.1. The molecule has 2 aliphatic heterocycles. The smallest absolute Gasteiger partial charge is 0.328 e. The monoisotopic (exact) mass is 421 g/mol. The van der Waals surface area contributed by atoms with E-state index in [-0.39, 0.29) is 24.8 Å². The summed E-state index contributed by atoms with van der Waals surface area (Å²) in [6, 6.07) is 5.61. The third kappa shape index (κ3) is 4.12. The molecule has 0 radical (unpaired) electrons. The molecule has 29 heavy (non-hydrogen) atoms. The molecule has 2 fully saturated rings. The second-order valence-electron chi connectivity index (χ2n) is 9.19. The van der Waals surface area contributed by atoms with Crippen molar-refractivity contribution in [3.8, 4) is 0 Å². The van der Waals surface area contributed by atoms with Gasteiger partial charge in [-0.05, 0) is 30.0 Å². The first-order valence-electron chi connectivity index (χ1n) is 9.67. The summed E-state index contributed by atoms with van der Waals surface area (Å²) in [7, 11) is 1.30. The first-order valence-corrected chi connectivity index (χ1v) is 10.0. The summed E-state index contributed by atoms with van der Waals surface area (Å²) >= 11 is 6.08. The van der Waals surface area contributed by atoms with Crippen LogP contribution in [-0.2, 0) is 19.1 Å². The highest BCUT2D eigenvalue weighted by Gasteiger charge is 2.55. The number of likely N-dealkylation sites (tertiary alicyclic amines) is 1. The van der Waals surface area contributed by atoms with Crippen LogP contribution >= 0.6 is 11.6 Å². The standard InChI is InChI=1S/C21H28ClN3O4/c1-20(2,3)17(23)18(27)25-12-21(9-15(25)19(28)29-4)10-16(26)24(11-21)14-7-5-6-13(22)8-14/h5-8,15,17H,9-12,23H2,1-4H3/t15-,17?,21-/m0/s1. The fourth-order valence-corrected chi connectivity index (χ4v) is 4.39. The lowest BCUT2D eigenvalue weighted by Gasteiger charge is -2.32. The van der Waals surface area contributed by atoms with E-state index in [0.717, 1.165) is 0 Å². The molecule has 0 aliphatic carbocycles. The zero-order valence-electron chi connectivity index (χ0n) is 17.3. The molecule has 2 amide bonds. The highest BCUT2D eigenvalue weighted by Crippen LogP contribution is 2.45. The van der Waals surface area contributed by atoms with E-state index in [1.807, 2.05) is 26.8 Å². The summed E-state index contributed by atoms with van der Waals surface area (Å²) in [4.78, 5) is 41.6. The van der Waals surface area contributed by atoms with Gasteiger partial charge < -0.3 is 20.3 Å². The minimum absolute atomic E-state index is 0.0506. The molecular weight excluding hydrogens is 394 g/mol. The Morgan fingerprint density at radius 2 is 2.00 bits per heavy atom. The van der Waals surface area contributed by atoms with Gasteiger partial charge in [-0.1, -0.05) is 38.4 Å². The van der Waals surface area contributed by atoms with Gasteiger partial charge in [0.15, 0.2) is 0 Å². The molecule has 0 bridgehead atoms. The van der Waals surface area contributed by atoms with E-state index in [1.165, 1.54) is 12.0 Å². The molecule has 1 aromatic rings. The quantitative estimate of drug-likeness (QED) is 0.755. The molecule has 0 saturated carbocycles. The number of hydrogen-bond acceptors (Lipinski definition) is 5. The Balaban J connectivity index is 1.88. The number of halogens is 1. The third-order valence-electron chi connectivity index (χ3n) is 5.90. The van der Waals surface area contributed by atoms with Crippen LogP contribution in [0.3, 0.4) is 0 Å². The Hall–Kier alpha value is -2.12. The highest BCUT2D eigenvalue weighted by molar-refractivity contribution is 6.30. The number of nitrogens with zero attached hydrogens (tertiary/aromatic N) is 2. The molecule has 7 nitrogen and oxygen atoms in total. The molecule has 2 heterocycles. The van der Waals surface area contributed by atoms with Crippen molar-refractivity contribution in [2.45, 2.75) is 45.7 Å². The summed E-state index contributed by atoms with van der Waals surface area (Å²) in [6.07, 6.45) is 0.618. The first kappa shape index (κ1) is 21.6. The van der Waals surface area contributed by atoms with Gasteiger partial charge in [0.1, 0.15) is 6.04 Å². The van der Waals surface area contributed by atoms with Gasteiger partial charge in [-0.15, -0.1) is 0 Å². The molecule has 158 valence electrons. The van der Waals surface area contributed by atoms with Gasteiger partial charge in [0, 0.05) is 35.6 Å². The Bertz CT molecular complexity index is 837. The van der Waals surface area contributed by atoms with Crippen molar-refractivity contribution >= 4 is 35.1 Å². The summed E-state index contributed by atoms with van der Waals surface area (Å²) in [6.45, 7) is 6.35. The minimum Gasteiger partial charge on any atom is -0.467 e. The Morgan fingerprint density at radius 3 is 2.59 bits per heavy atom. The van der Waals surface area contributed by atoms with Crippen molar-refractivity contribution < 1.29 is 19.1 Å². The molecule has 0 aromatic heterocycles. The van der Waals surface area contributed by atoms with Gasteiger partial charge >= 0.3 is 5.97 Å². The predicted molar refractivity (Wildman–Crippen MR) is 110 cm³/mol. The summed E-state index contributed by atoms with van der Waals surface area (Å²) in [5.74, 6) is -0.825. The lowest BCUT2D eigenvalue weighted by molar-refractivity contribution is -0.152. The van der Waals surface area contributed by atoms with Gasteiger partial charge in [-0.3, -0.25) is 9.59 Å². The first-order chi connectivity index (χ1) is 13.5. The maximum Gasteiger partial charge on any atom is 0.328 e. The number of carbonyl (C=O) groups excluding carboxylic acids is 3. The summed E-state index contributed by atoms with van der Waals surface area (Å²) in [5, 5.41) is 0.545. The van der Waals surface area contributed by atoms with Crippen LogP contribution in [0, 0.1) is 10.8 Å². The minimum atomic E-state index is -0.758. The van der Waals surface area contributed by atoms with Crippen LogP contribution in [-0.4, -0.2) is 55.0 Å². The topological polar surface area (TPSA) is 92.9 Å². The van der Waals surface area contributed by atoms with Crippen LogP contribution in [0.2, 0.25) is 5.02 Å². The fourth-order valence-electron chi connectivity index (χ4n) is 4.20. The lowest BCUT2D eigenvalue weighted by Crippen LogP contribution is -2.53. The molecule has 1 spiro atoms. The van der Waals surface area contributed by atoms with E-state index < -0.39 is 28.9 Å². The molecule has 1 aromatic carbocycles. The molecule has 2 saturated heterocycles. The molecule has 1 unspecified atom stereocenters. The second kappa shape index (κ2) is 7.61. The second-order valence-corrected chi connectivity index (χ2v) is 9.63. The van der Waals surface area contributed by atoms with Gasteiger partial charge in [0.05, 0.1) is 13.2 Å². The van der Waals surface area contributed by atoms with Crippen LogP contribution in [0.1, 0.15) is 33.6 Å². The fraction of sp³-hybridized carbons (Fsp3) is 0.571. The molecule has 8 heteroatoms. The summed E-state index contributed by atoms with van der Waals surface area (Å²) < 4.78 is 4.95. The van der Waals surface area contributed by atoms with Crippen molar-refractivity contribution in [1.29, 1.82) is 0 Å². The number of rotatable bonds is 3. The number of anilines is 1. The lowest BCUT2D eigenvalue weighted by atomic mass is 9.84. The SMILES string of the molecule is COC(=O)[C@@H]1C[C@@]2(CC(=O)N(c3cccc(Cl)c3)C2)CN1C(=O)C(N)C(C)(C)C. The van der Waals surface area contributed by atoms with Crippen molar-refractivity contribution in [3.63, 3.8) is 0 Å². The number of hydrogen-bond donors (Lipinski definition) is 1. The Labute approximate surface area is 176 Å².